The van der Waals surface area contributed by atoms with Crippen LogP contribution in [0, 0.1) is 0 Å². The summed E-state index contributed by atoms with van der Waals surface area (Å²) >= 11 is 4.76. The predicted molar refractivity (Wildman–Crippen MR) is 155 cm³/mol. The van der Waals surface area contributed by atoms with Gasteiger partial charge < -0.3 is 19.3 Å². The van der Waals surface area contributed by atoms with E-state index in [9.17, 15) is 9.90 Å². The number of methoxy groups -OCH3 is 3. The summed E-state index contributed by atoms with van der Waals surface area (Å²) in [5.74, 6) is 1.50. The number of phenols is 1. The van der Waals surface area contributed by atoms with Crippen LogP contribution in [0.25, 0.3) is 11.8 Å². The maximum absolute atomic E-state index is 14.0. The zero-order valence-corrected chi connectivity index (χ0v) is 23.9. The average Bonchev–Trinajstić information content (AvgIpc) is 3.27. The number of halogens is 1. The molecule has 0 amide bonds. The van der Waals surface area contributed by atoms with Crippen LogP contribution in [0.2, 0.25) is 0 Å². The third kappa shape index (κ3) is 4.26. The molecule has 0 fully saturated rings. The molecule has 1 atom stereocenters. The molecule has 4 aromatic rings. The van der Waals surface area contributed by atoms with Crippen LogP contribution in [-0.2, 0) is 6.42 Å². The summed E-state index contributed by atoms with van der Waals surface area (Å²) in [4.78, 5) is 19.7. The second-order valence-corrected chi connectivity index (χ2v) is 11.2. The van der Waals surface area contributed by atoms with Gasteiger partial charge in [0.2, 0.25) is 0 Å². The Bertz CT molecular complexity index is 1840. The molecule has 0 saturated carbocycles. The number of hydrogen-bond donors (Lipinski definition) is 1. The minimum Gasteiger partial charge on any atom is -0.504 e. The Morgan fingerprint density at radius 2 is 1.77 bits per heavy atom. The molecule has 2 aliphatic rings. The van der Waals surface area contributed by atoms with Gasteiger partial charge in [-0.1, -0.05) is 57.6 Å². The van der Waals surface area contributed by atoms with E-state index in [0.717, 1.165) is 39.7 Å². The molecule has 3 aromatic carbocycles. The predicted octanol–water partition coefficient (Wildman–Crippen LogP) is 4.81. The fourth-order valence-corrected chi connectivity index (χ4v) is 6.79. The number of fused-ring (bicyclic) bond motifs is 3. The van der Waals surface area contributed by atoms with Crippen LogP contribution in [0.3, 0.4) is 0 Å². The van der Waals surface area contributed by atoms with Crippen molar-refractivity contribution >= 4 is 39.0 Å². The summed E-state index contributed by atoms with van der Waals surface area (Å²) < 4.78 is 19.3. The van der Waals surface area contributed by atoms with Crippen molar-refractivity contribution in [2.45, 2.75) is 18.9 Å². The molecule has 0 saturated heterocycles. The van der Waals surface area contributed by atoms with E-state index in [1.165, 1.54) is 24.0 Å². The van der Waals surface area contributed by atoms with Gasteiger partial charge in [-0.15, -0.1) is 0 Å². The van der Waals surface area contributed by atoms with Gasteiger partial charge in [0.25, 0.3) is 5.56 Å². The van der Waals surface area contributed by atoms with Crippen LogP contribution >= 0.6 is 27.3 Å². The Kier molecular flexibility index (Phi) is 6.56. The molecule has 1 N–H and O–H groups in total. The highest BCUT2D eigenvalue weighted by atomic mass is 79.9. The number of benzene rings is 3. The van der Waals surface area contributed by atoms with E-state index in [1.807, 2.05) is 30.3 Å². The summed E-state index contributed by atoms with van der Waals surface area (Å²) in [6.07, 6.45) is 3.33. The number of aromatic nitrogens is 1. The lowest BCUT2D eigenvalue weighted by molar-refractivity contribution is 0.354. The van der Waals surface area contributed by atoms with Crippen molar-refractivity contribution in [2.75, 3.05) is 21.3 Å². The third-order valence-electron chi connectivity index (χ3n) is 7.17. The molecule has 198 valence electrons. The zero-order chi connectivity index (χ0) is 27.3. The van der Waals surface area contributed by atoms with Gasteiger partial charge in [0, 0.05) is 15.6 Å². The number of rotatable bonds is 5. The van der Waals surface area contributed by atoms with Crippen molar-refractivity contribution in [3.05, 3.63) is 107 Å². The van der Waals surface area contributed by atoms with Crippen LogP contribution in [0.4, 0.5) is 0 Å². The lowest BCUT2D eigenvalue weighted by atomic mass is 9.83. The van der Waals surface area contributed by atoms with Gasteiger partial charge in [0.15, 0.2) is 27.8 Å². The highest BCUT2D eigenvalue weighted by Crippen LogP contribution is 2.43. The Morgan fingerprint density at radius 1 is 1.00 bits per heavy atom. The first-order valence-corrected chi connectivity index (χ1v) is 14.0. The van der Waals surface area contributed by atoms with Crippen LogP contribution < -0.4 is 29.1 Å². The molecule has 0 unspecified atom stereocenters. The van der Waals surface area contributed by atoms with Crippen molar-refractivity contribution in [3.63, 3.8) is 0 Å². The molecular formula is C30H25BrN2O5S. The fraction of sp³-hybridized carbons (Fsp3) is 0.200. The Balaban J connectivity index is 1.63. The van der Waals surface area contributed by atoms with Crippen LogP contribution in [0.15, 0.2) is 74.4 Å². The van der Waals surface area contributed by atoms with E-state index in [-0.39, 0.29) is 17.4 Å². The second-order valence-electron chi connectivity index (χ2n) is 9.27. The zero-order valence-electron chi connectivity index (χ0n) is 21.5. The molecule has 1 aliphatic carbocycles. The summed E-state index contributed by atoms with van der Waals surface area (Å²) in [6, 6.07) is 17.1. The molecule has 0 spiro atoms. The first-order valence-electron chi connectivity index (χ1n) is 12.3. The summed E-state index contributed by atoms with van der Waals surface area (Å²) in [5.41, 5.74) is 5.55. The number of aryl methyl sites for hydroxylation is 1. The van der Waals surface area contributed by atoms with E-state index in [0.29, 0.717) is 32.1 Å². The Morgan fingerprint density at radius 3 is 2.54 bits per heavy atom. The third-order valence-corrected chi connectivity index (χ3v) is 8.61. The molecule has 1 aliphatic heterocycles. The quantitative estimate of drug-likeness (QED) is 0.353. The average molecular weight is 606 g/mol. The number of allylic oxidation sites excluding steroid dienone is 1. The summed E-state index contributed by atoms with van der Waals surface area (Å²) in [6.45, 7) is 0. The number of hydrogen-bond acceptors (Lipinski definition) is 7. The van der Waals surface area contributed by atoms with Gasteiger partial charge in [0.1, 0.15) is 0 Å². The largest absolute Gasteiger partial charge is 0.504 e. The van der Waals surface area contributed by atoms with E-state index < -0.39 is 0 Å². The smallest absolute Gasteiger partial charge is 0.271 e. The van der Waals surface area contributed by atoms with Crippen molar-refractivity contribution in [3.8, 4) is 23.0 Å². The first-order chi connectivity index (χ1) is 18.9. The number of thiazole rings is 1. The topological polar surface area (TPSA) is 82.3 Å². The maximum Gasteiger partial charge on any atom is 0.271 e. The molecule has 0 bridgehead atoms. The molecule has 39 heavy (non-hydrogen) atoms. The SMILES string of the molecule is COc1ccc([C@H]2C3=C(N=c4s/c(=C\c5cc(Br)cc(OC)c5O)c(=O)n42)c2ccccc2CC3)cc1OC. The molecule has 6 rings (SSSR count). The van der Waals surface area contributed by atoms with Gasteiger partial charge in [-0.3, -0.25) is 9.36 Å². The number of nitrogens with zero attached hydrogens (tertiary/aromatic N) is 2. The maximum atomic E-state index is 14.0. The number of ether oxygens (including phenoxy) is 3. The van der Waals surface area contributed by atoms with E-state index in [1.54, 1.807) is 37.0 Å². The lowest BCUT2D eigenvalue weighted by Gasteiger charge is -2.31. The number of aromatic hydroxyl groups is 1. The first kappa shape index (κ1) is 25.5. The molecule has 9 heteroatoms. The van der Waals surface area contributed by atoms with Crippen LogP contribution in [0.1, 0.15) is 34.7 Å². The molecule has 7 nitrogen and oxygen atoms in total. The van der Waals surface area contributed by atoms with E-state index in [4.69, 9.17) is 19.2 Å². The molecule has 2 heterocycles. The molecular weight excluding hydrogens is 580 g/mol. The van der Waals surface area contributed by atoms with Gasteiger partial charge >= 0.3 is 0 Å². The van der Waals surface area contributed by atoms with Gasteiger partial charge in [-0.05, 0) is 59.9 Å². The molecule has 0 radical (unpaired) electrons. The molecule has 1 aromatic heterocycles. The van der Waals surface area contributed by atoms with Crippen molar-refractivity contribution in [1.29, 1.82) is 0 Å². The number of phenolic OH excluding ortho intramolecular Hbond substituents is 1. The van der Waals surface area contributed by atoms with Crippen LogP contribution in [-0.4, -0.2) is 31.0 Å². The van der Waals surface area contributed by atoms with Gasteiger partial charge in [0.05, 0.1) is 37.6 Å². The monoisotopic (exact) mass is 604 g/mol. The van der Waals surface area contributed by atoms with Crippen LogP contribution in [0.5, 0.6) is 23.0 Å². The minimum absolute atomic E-state index is 0.0313. The highest BCUT2D eigenvalue weighted by molar-refractivity contribution is 9.10. The second kappa shape index (κ2) is 10.1. The lowest BCUT2D eigenvalue weighted by Crippen LogP contribution is -2.38. The normalized spacial score (nSPS) is 16.2. The Hall–Kier alpha value is -3.82. The fourth-order valence-electron chi connectivity index (χ4n) is 5.35. The standard InChI is InChI=1S/C30H25BrN2O5S/c1-36-22-11-9-17(13-23(22)37-2)27-21-10-8-16-6-4-5-7-20(16)26(21)32-30-33(27)29(35)25(39-30)14-18-12-19(31)15-24(38-3)28(18)34/h4-7,9,11-15,27,34H,8,10H2,1-3H3/b25-14-/t27-/m0/s1. The van der Waals surface area contributed by atoms with Crippen molar-refractivity contribution in [1.82, 2.24) is 4.57 Å². The van der Waals surface area contributed by atoms with Gasteiger partial charge in [-0.25, -0.2) is 4.99 Å². The minimum atomic E-state index is -0.364. The Labute approximate surface area is 237 Å². The van der Waals surface area contributed by atoms with E-state index >= 15 is 0 Å². The summed E-state index contributed by atoms with van der Waals surface area (Å²) in [5, 5.41) is 10.7. The van der Waals surface area contributed by atoms with E-state index in [2.05, 4.69) is 28.1 Å². The highest BCUT2D eigenvalue weighted by Gasteiger charge is 2.33. The van der Waals surface area contributed by atoms with Crippen molar-refractivity contribution in [2.24, 2.45) is 4.99 Å². The van der Waals surface area contributed by atoms with Crippen molar-refractivity contribution < 1.29 is 19.3 Å². The summed E-state index contributed by atoms with van der Waals surface area (Å²) in [7, 11) is 4.70. The van der Waals surface area contributed by atoms with Gasteiger partial charge in [-0.2, -0.15) is 0 Å².